The molecule has 4 rings (SSSR count). The Morgan fingerprint density at radius 3 is 2.44 bits per heavy atom. The fraction of sp³-hybridized carbons (Fsp3) is 0.519. The molecule has 0 bridgehead atoms. The first-order chi connectivity index (χ1) is 15.1. The van der Waals surface area contributed by atoms with Gasteiger partial charge < -0.3 is 15.0 Å². The van der Waals surface area contributed by atoms with Gasteiger partial charge in [0.2, 0.25) is 5.91 Å². The molecule has 1 aliphatic carbocycles. The minimum Gasteiger partial charge on any atom is -0.487 e. The summed E-state index contributed by atoms with van der Waals surface area (Å²) in [6, 6.07) is 7.83. The zero-order valence-electron chi connectivity index (χ0n) is 20.0. The second-order valence-corrected chi connectivity index (χ2v) is 10.6. The Labute approximate surface area is 191 Å². The number of amides is 1. The minimum absolute atomic E-state index is 0.0415. The van der Waals surface area contributed by atoms with Crippen LogP contribution >= 0.6 is 0 Å². The van der Waals surface area contributed by atoms with E-state index in [9.17, 15) is 9.18 Å². The maximum atomic E-state index is 14.7. The van der Waals surface area contributed by atoms with Crippen molar-refractivity contribution in [1.29, 1.82) is 0 Å². The first kappa shape index (κ1) is 22.6. The first-order valence-corrected chi connectivity index (χ1v) is 11.7. The number of carbonyl (C=O) groups excluding carboxylic acids is 1. The molecular weight excluding hydrogens is 403 g/mol. The molecule has 1 fully saturated rings. The van der Waals surface area contributed by atoms with Crippen molar-refractivity contribution in [2.75, 3.05) is 16.8 Å². The molecule has 0 spiro atoms. The summed E-state index contributed by atoms with van der Waals surface area (Å²) < 4.78 is 20.4. The zero-order chi connectivity index (χ0) is 23.0. The smallest absolute Gasteiger partial charge is 0.224 e. The van der Waals surface area contributed by atoms with E-state index in [-0.39, 0.29) is 23.2 Å². The lowest BCUT2D eigenvalue weighted by atomic mass is 9.92. The Balaban J connectivity index is 1.53. The van der Waals surface area contributed by atoms with E-state index in [1.54, 1.807) is 6.07 Å². The lowest BCUT2D eigenvalue weighted by Gasteiger charge is -2.26. The number of nitrogens with zero attached hydrogens (tertiary/aromatic N) is 1. The quantitative estimate of drug-likeness (QED) is 0.595. The van der Waals surface area contributed by atoms with Crippen LogP contribution in [-0.4, -0.2) is 18.6 Å². The highest BCUT2D eigenvalue weighted by atomic mass is 19.1. The summed E-state index contributed by atoms with van der Waals surface area (Å²) in [5.41, 5.74) is 6.26. The van der Waals surface area contributed by atoms with E-state index >= 15 is 0 Å². The van der Waals surface area contributed by atoms with E-state index < -0.39 is 0 Å². The van der Waals surface area contributed by atoms with E-state index in [2.05, 4.69) is 43.1 Å². The van der Waals surface area contributed by atoms with Crippen LogP contribution in [0.1, 0.15) is 68.7 Å². The molecule has 2 aromatic rings. The van der Waals surface area contributed by atoms with Gasteiger partial charge in [0, 0.05) is 30.9 Å². The van der Waals surface area contributed by atoms with Crippen molar-refractivity contribution in [2.24, 2.45) is 5.41 Å². The highest BCUT2D eigenvalue weighted by molar-refractivity contribution is 5.93. The Hall–Kier alpha value is -2.56. The second kappa shape index (κ2) is 8.76. The summed E-state index contributed by atoms with van der Waals surface area (Å²) in [5, 5.41) is 3.11. The molecule has 1 aliphatic heterocycles. The Morgan fingerprint density at radius 2 is 1.81 bits per heavy atom. The van der Waals surface area contributed by atoms with E-state index in [0.717, 1.165) is 60.3 Å². The molecule has 1 amide bonds. The van der Waals surface area contributed by atoms with Crippen molar-refractivity contribution in [2.45, 2.75) is 79.4 Å². The minimum atomic E-state index is -0.262. The van der Waals surface area contributed by atoms with Gasteiger partial charge in [0.05, 0.1) is 6.10 Å². The van der Waals surface area contributed by atoms with Gasteiger partial charge in [0.1, 0.15) is 0 Å². The largest absolute Gasteiger partial charge is 0.487 e. The monoisotopic (exact) mass is 438 g/mol. The Kier molecular flexibility index (Phi) is 6.19. The molecule has 0 unspecified atom stereocenters. The van der Waals surface area contributed by atoms with Crippen LogP contribution in [0.4, 0.5) is 15.8 Å². The SMILES string of the molecule is Cc1cc(N2CCCc3cc(OC4CC4)c(F)cc3C2)cc(C)c1NC(=O)CC(C)(C)C. The summed E-state index contributed by atoms with van der Waals surface area (Å²) in [6.45, 7) is 11.9. The summed E-state index contributed by atoms with van der Waals surface area (Å²) in [6.07, 6.45) is 4.65. The van der Waals surface area contributed by atoms with Crippen LogP contribution in [0.2, 0.25) is 0 Å². The molecule has 0 atom stereocenters. The fourth-order valence-corrected chi connectivity index (χ4v) is 4.42. The number of carbonyl (C=O) groups is 1. The zero-order valence-corrected chi connectivity index (χ0v) is 20.0. The van der Waals surface area contributed by atoms with Crippen LogP contribution in [0.3, 0.4) is 0 Å². The number of benzene rings is 2. The third kappa shape index (κ3) is 5.43. The third-order valence-electron chi connectivity index (χ3n) is 6.15. The van der Waals surface area contributed by atoms with Crippen molar-refractivity contribution < 1.29 is 13.9 Å². The number of nitrogens with one attached hydrogen (secondary N) is 1. The van der Waals surface area contributed by atoms with Crippen LogP contribution in [-0.2, 0) is 17.8 Å². The number of rotatable bonds is 5. The molecule has 32 heavy (non-hydrogen) atoms. The van der Waals surface area contributed by atoms with Crippen LogP contribution < -0.4 is 15.0 Å². The maximum absolute atomic E-state index is 14.7. The number of ether oxygens (including phenoxy) is 1. The number of hydrogen-bond donors (Lipinski definition) is 1. The third-order valence-corrected chi connectivity index (χ3v) is 6.15. The molecule has 4 nitrogen and oxygen atoms in total. The van der Waals surface area contributed by atoms with Crippen LogP contribution in [0.25, 0.3) is 0 Å². The highest BCUT2D eigenvalue weighted by Crippen LogP contribution is 2.34. The number of fused-ring (bicyclic) bond motifs is 1. The molecule has 5 heteroatoms. The van der Waals surface area contributed by atoms with Gasteiger partial charge in [-0.05, 0) is 91.5 Å². The van der Waals surface area contributed by atoms with E-state index in [1.165, 1.54) is 5.56 Å². The predicted molar refractivity (Wildman–Crippen MR) is 128 cm³/mol. The molecule has 2 aromatic carbocycles. The summed E-state index contributed by atoms with van der Waals surface area (Å²) >= 11 is 0. The van der Waals surface area contributed by atoms with Crippen LogP contribution in [0.5, 0.6) is 5.75 Å². The van der Waals surface area contributed by atoms with E-state index in [1.807, 2.05) is 19.9 Å². The average Bonchev–Trinajstić information content (AvgIpc) is 3.50. The van der Waals surface area contributed by atoms with Gasteiger partial charge in [-0.3, -0.25) is 4.79 Å². The van der Waals surface area contributed by atoms with Crippen molar-refractivity contribution in [3.63, 3.8) is 0 Å². The Bertz CT molecular complexity index is 998. The number of halogens is 1. The maximum Gasteiger partial charge on any atom is 0.224 e. The van der Waals surface area contributed by atoms with E-state index in [4.69, 9.17) is 4.74 Å². The standard InChI is InChI=1S/C27H35FN2O2/c1-17-11-21(12-18(2)26(17)29-25(31)15-27(3,4)5)30-10-6-7-19-14-24(32-22-8-9-22)23(28)13-20(19)16-30/h11-14,22H,6-10,15-16H2,1-5H3,(H,29,31). The molecule has 1 saturated carbocycles. The predicted octanol–water partition coefficient (Wildman–Crippen LogP) is 6.31. The van der Waals surface area contributed by atoms with Crippen molar-refractivity contribution >= 4 is 17.3 Å². The van der Waals surface area contributed by atoms with Crippen LogP contribution in [0.15, 0.2) is 24.3 Å². The first-order valence-electron chi connectivity index (χ1n) is 11.7. The number of hydrogen-bond acceptors (Lipinski definition) is 3. The molecule has 2 aliphatic rings. The lowest BCUT2D eigenvalue weighted by Crippen LogP contribution is -2.24. The summed E-state index contributed by atoms with van der Waals surface area (Å²) in [7, 11) is 0. The molecular formula is C27H35FN2O2. The average molecular weight is 439 g/mol. The molecule has 172 valence electrons. The number of anilines is 2. The summed E-state index contributed by atoms with van der Waals surface area (Å²) in [4.78, 5) is 14.8. The van der Waals surface area contributed by atoms with Gasteiger partial charge in [-0.1, -0.05) is 20.8 Å². The second-order valence-electron chi connectivity index (χ2n) is 10.6. The molecule has 0 radical (unpaired) electrons. The van der Waals surface area contributed by atoms with Gasteiger partial charge >= 0.3 is 0 Å². The van der Waals surface area contributed by atoms with E-state index in [0.29, 0.717) is 18.7 Å². The van der Waals surface area contributed by atoms with Gasteiger partial charge in [0.15, 0.2) is 11.6 Å². The van der Waals surface area contributed by atoms with Gasteiger partial charge in [-0.2, -0.15) is 0 Å². The molecule has 1 N–H and O–H groups in total. The molecule has 1 heterocycles. The lowest BCUT2D eigenvalue weighted by molar-refractivity contribution is -0.117. The topological polar surface area (TPSA) is 41.6 Å². The highest BCUT2D eigenvalue weighted by Gasteiger charge is 2.26. The molecule has 0 aromatic heterocycles. The van der Waals surface area contributed by atoms with Gasteiger partial charge in [-0.25, -0.2) is 4.39 Å². The van der Waals surface area contributed by atoms with Crippen molar-refractivity contribution in [3.8, 4) is 5.75 Å². The molecule has 0 saturated heterocycles. The van der Waals surface area contributed by atoms with Gasteiger partial charge in [0.25, 0.3) is 0 Å². The number of aryl methyl sites for hydroxylation is 3. The summed E-state index contributed by atoms with van der Waals surface area (Å²) in [5.74, 6) is 0.184. The normalized spacial score (nSPS) is 16.4. The Morgan fingerprint density at radius 1 is 1.12 bits per heavy atom. The van der Waals surface area contributed by atoms with Gasteiger partial charge in [-0.15, -0.1) is 0 Å². The van der Waals surface area contributed by atoms with Crippen molar-refractivity contribution in [3.05, 3.63) is 52.3 Å². The van der Waals surface area contributed by atoms with Crippen LogP contribution in [0, 0.1) is 25.1 Å². The van der Waals surface area contributed by atoms with Crippen molar-refractivity contribution in [1.82, 2.24) is 0 Å². The fourth-order valence-electron chi connectivity index (χ4n) is 4.42.